The van der Waals surface area contributed by atoms with Gasteiger partial charge in [-0.3, -0.25) is 4.90 Å². The average molecular weight is 240 g/mol. The minimum atomic E-state index is 0.780. The Morgan fingerprint density at radius 3 is 2.47 bits per heavy atom. The summed E-state index contributed by atoms with van der Waals surface area (Å²) < 4.78 is 5.35. The lowest BCUT2D eigenvalue weighted by Crippen LogP contribution is -2.43. The van der Waals surface area contributed by atoms with E-state index < -0.39 is 0 Å². The van der Waals surface area contributed by atoms with Crippen molar-refractivity contribution in [2.75, 3.05) is 45.9 Å². The van der Waals surface area contributed by atoms with E-state index in [-0.39, 0.29) is 0 Å². The van der Waals surface area contributed by atoms with Gasteiger partial charge in [-0.1, -0.05) is 32.6 Å². The molecule has 1 aliphatic rings. The first-order chi connectivity index (χ1) is 8.43. The second-order valence-corrected chi connectivity index (χ2v) is 3.74. The van der Waals surface area contributed by atoms with Crippen molar-refractivity contribution in [1.82, 2.24) is 10.2 Å². The Balaban J connectivity index is 0.00000121. The largest absolute Gasteiger partial charge is 0.380 e. The smallest absolute Gasteiger partial charge is 0.0602 e. The zero-order valence-electron chi connectivity index (χ0n) is 11.7. The van der Waals surface area contributed by atoms with Crippen LogP contribution >= 0.6 is 0 Å². The molecule has 3 heteroatoms. The Bertz CT molecular complexity index is 202. The third-order valence-electron chi connectivity index (χ3n) is 2.36. The number of ether oxygens (including phenoxy) is 1. The van der Waals surface area contributed by atoms with Gasteiger partial charge in [0.25, 0.3) is 0 Å². The summed E-state index contributed by atoms with van der Waals surface area (Å²) in [6, 6.07) is 0. The molecule has 0 amide bonds. The lowest BCUT2D eigenvalue weighted by molar-refractivity contribution is 0.140. The molecule has 1 N–H and O–H groups in total. The average Bonchev–Trinajstić information content (AvgIpc) is 2.41. The maximum Gasteiger partial charge on any atom is 0.0602 e. The van der Waals surface area contributed by atoms with Crippen LogP contribution in [0.3, 0.4) is 0 Å². The predicted octanol–water partition coefficient (Wildman–Crippen LogP) is 1.74. The van der Waals surface area contributed by atoms with Gasteiger partial charge in [0, 0.05) is 39.2 Å². The van der Waals surface area contributed by atoms with Gasteiger partial charge in [-0.05, 0) is 6.42 Å². The summed E-state index contributed by atoms with van der Waals surface area (Å²) in [5, 5.41) is 3.33. The van der Waals surface area contributed by atoms with Crippen molar-refractivity contribution in [1.29, 1.82) is 0 Å². The molecule has 0 radical (unpaired) electrons. The van der Waals surface area contributed by atoms with Crippen molar-refractivity contribution in [3.8, 4) is 11.8 Å². The van der Waals surface area contributed by atoms with Gasteiger partial charge in [0.1, 0.15) is 0 Å². The van der Waals surface area contributed by atoms with E-state index in [4.69, 9.17) is 4.74 Å². The van der Waals surface area contributed by atoms with Crippen LogP contribution in [0.25, 0.3) is 0 Å². The fourth-order valence-corrected chi connectivity index (χ4v) is 1.49. The SMILES string of the molecule is CC.CCCOCCC#CCN1CCNCC1. The molecule has 0 saturated carbocycles. The number of rotatable bonds is 5. The predicted molar refractivity (Wildman–Crippen MR) is 74.2 cm³/mol. The summed E-state index contributed by atoms with van der Waals surface area (Å²) >= 11 is 0. The summed E-state index contributed by atoms with van der Waals surface area (Å²) in [5.41, 5.74) is 0. The first kappa shape index (κ1) is 16.4. The molecular weight excluding hydrogens is 212 g/mol. The third-order valence-corrected chi connectivity index (χ3v) is 2.36. The highest BCUT2D eigenvalue weighted by atomic mass is 16.5. The molecule has 0 spiro atoms. The fraction of sp³-hybridized carbons (Fsp3) is 0.857. The van der Waals surface area contributed by atoms with Crippen molar-refractivity contribution in [2.24, 2.45) is 0 Å². The molecule has 17 heavy (non-hydrogen) atoms. The Kier molecular flexibility index (Phi) is 13.1. The lowest BCUT2D eigenvalue weighted by Gasteiger charge is -2.24. The molecular formula is C14H28N2O. The number of hydrogen-bond acceptors (Lipinski definition) is 3. The van der Waals surface area contributed by atoms with Gasteiger partial charge in [0.05, 0.1) is 13.2 Å². The Hall–Kier alpha value is -0.560. The highest BCUT2D eigenvalue weighted by Crippen LogP contribution is 1.90. The van der Waals surface area contributed by atoms with Crippen LogP contribution < -0.4 is 5.32 Å². The lowest BCUT2D eigenvalue weighted by atomic mass is 10.3. The van der Waals surface area contributed by atoms with Crippen molar-refractivity contribution < 1.29 is 4.74 Å². The Labute approximate surface area is 107 Å². The van der Waals surface area contributed by atoms with Gasteiger partial charge in [-0.2, -0.15) is 0 Å². The maximum absolute atomic E-state index is 5.35. The van der Waals surface area contributed by atoms with Crippen LogP contribution in [0.1, 0.15) is 33.6 Å². The van der Waals surface area contributed by atoms with Crippen LogP contribution in [0, 0.1) is 11.8 Å². The second kappa shape index (κ2) is 13.5. The minimum absolute atomic E-state index is 0.780. The zero-order valence-corrected chi connectivity index (χ0v) is 11.7. The third kappa shape index (κ3) is 10.3. The molecule has 100 valence electrons. The van der Waals surface area contributed by atoms with E-state index >= 15 is 0 Å². The van der Waals surface area contributed by atoms with Crippen LogP contribution in [0.15, 0.2) is 0 Å². The quantitative estimate of drug-likeness (QED) is 0.585. The van der Waals surface area contributed by atoms with Gasteiger partial charge in [-0.25, -0.2) is 0 Å². The molecule has 0 unspecified atom stereocenters. The topological polar surface area (TPSA) is 24.5 Å². The molecule has 1 heterocycles. The summed E-state index contributed by atoms with van der Waals surface area (Å²) in [5.74, 6) is 6.35. The van der Waals surface area contributed by atoms with Crippen molar-refractivity contribution in [3.05, 3.63) is 0 Å². The van der Waals surface area contributed by atoms with Gasteiger partial charge >= 0.3 is 0 Å². The highest BCUT2D eigenvalue weighted by molar-refractivity contribution is 5.01. The first-order valence-electron chi connectivity index (χ1n) is 6.90. The second-order valence-electron chi connectivity index (χ2n) is 3.74. The van der Waals surface area contributed by atoms with Crippen molar-refractivity contribution in [3.63, 3.8) is 0 Å². The molecule has 1 fully saturated rings. The summed E-state index contributed by atoms with van der Waals surface area (Å²) in [7, 11) is 0. The van der Waals surface area contributed by atoms with E-state index in [0.717, 1.165) is 58.8 Å². The van der Waals surface area contributed by atoms with Crippen LogP contribution in [-0.4, -0.2) is 50.8 Å². The normalized spacial score (nSPS) is 15.5. The van der Waals surface area contributed by atoms with Crippen molar-refractivity contribution in [2.45, 2.75) is 33.6 Å². The molecule has 0 aliphatic carbocycles. The van der Waals surface area contributed by atoms with Crippen molar-refractivity contribution >= 4 is 0 Å². The van der Waals surface area contributed by atoms with Gasteiger partial charge in [-0.15, -0.1) is 0 Å². The monoisotopic (exact) mass is 240 g/mol. The van der Waals surface area contributed by atoms with Crippen LogP contribution in [-0.2, 0) is 4.74 Å². The highest BCUT2D eigenvalue weighted by Gasteiger charge is 2.06. The minimum Gasteiger partial charge on any atom is -0.380 e. The Morgan fingerprint density at radius 2 is 1.82 bits per heavy atom. The molecule has 0 aromatic heterocycles. The molecule has 3 nitrogen and oxygen atoms in total. The zero-order chi connectivity index (χ0) is 12.8. The standard InChI is InChI=1S/C12H22N2O.C2H6/c1-2-11-15-12-5-3-4-8-14-9-6-13-7-10-14;1-2/h13H,2,5-12H2,1H3;1-2H3. The molecule has 0 aromatic rings. The van der Waals surface area contributed by atoms with E-state index in [1.54, 1.807) is 0 Å². The van der Waals surface area contributed by atoms with Crippen LogP contribution in [0.5, 0.6) is 0 Å². The number of nitrogens with zero attached hydrogens (tertiary/aromatic N) is 1. The molecule has 0 aromatic carbocycles. The number of nitrogens with one attached hydrogen (secondary N) is 1. The summed E-state index contributed by atoms with van der Waals surface area (Å²) in [4.78, 5) is 2.39. The van der Waals surface area contributed by atoms with Crippen LogP contribution in [0.4, 0.5) is 0 Å². The number of hydrogen-bond donors (Lipinski definition) is 1. The molecule has 0 atom stereocenters. The van der Waals surface area contributed by atoms with E-state index in [1.807, 2.05) is 13.8 Å². The van der Waals surface area contributed by atoms with E-state index in [0.29, 0.717) is 0 Å². The summed E-state index contributed by atoms with van der Waals surface area (Å²) in [6.45, 7) is 13.1. The number of piperazine rings is 1. The van der Waals surface area contributed by atoms with E-state index in [9.17, 15) is 0 Å². The molecule has 1 rings (SSSR count). The van der Waals surface area contributed by atoms with Gasteiger partial charge in [0.2, 0.25) is 0 Å². The first-order valence-corrected chi connectivity index (χ1v) is 6.90. The molecule has 0 bridgehead atoms. The van der Waals surface area contributed by atoms with Gasteiger partial charge in [0.15, 0.2) is 0 Å². The summed E-state index contributed by atoms with van der Waals surface area (Å²) in [6.07, 6.45) is 1.96. The van der Waals surface area contributed by atoms with E-state index in [2.05, 4.69) is 29.0 Å². The molecule has 1 saturated heterocycles. The maximum atomic E-state index is 5.35. The van der Waals surface area contributed by atoms with Gasteiger partial charge < -0.3 is 10.1 Å². The van der Waals surface area contributed by atoms with Crippen LogP contribution in [0.2, 0.25) is 0 Å². The molecule has 1 aliphatic heterocycles. The Morgan fingerprint density at radius 1 is 1.12 bits per heavy atom. The van der Waals surface area contributed by atoms with E-state index in [1.165, 1.54) is 0 Å². The fourth-order valence-electron chi connectivity index (χ4n) is 1.49.